The van der Waals surface area contributed by atoms with E-state index in [-0.39, 0.29) is 0 Å². The minimum absolute atomic E-state index is 0.478. The maximum absolute atomic E-state index is 5.61. The number of nitrogens with one attached hydrogen (secondary N) is 1. The summed E-state index contributed by atoms with van der Waals surface area (Å²) >= 11 is 5.61. The Balaban J connectivity index is 1.82. The molecule has 0 spiro atoms. The Hall–Kier alpha value is -1.88. The first-order chi connectivity index (χ1) is 8.85. The maximum Gasteiger partial charge on any atom is 0.227 e. The first kappa shape index (κ1) is 11.2. The van der Waals surface area contributed by atoms with Gasteiger partial charge in [0, 0.05) is 12.3 Å². The van der Waals surface area contributed by atoms with Gasteiger partial charge in [0.15, 0.2) is 5.82 Å². The molecule has 0 aliphatic heterocycles. The highest BCUT2D eigenvalue weighted by Gasteiger charge is 2.09. The number of alkyl halides is 1. The van der Waals surface area contributed by atoms with E-state index in [0.29, 0.717) is 30.4 Å². The van der Waals surface area contributed by atoms with E-state index >= 15 is 0 Å². The van der Waals surface area contributed by atoms with Crippen LogP contribution in [-0.2, 0) is 12.8 Å². The van der Waals surface area contributed by atoms with Gasteiger partial charge >= 0.3 is 0 Å². The molecular weight excluding hydrogens is 252 g/mol. The molecule has 5 nitrogen and oxygen atoms in total. The molecule has 0 unspecified atom stereocenters. The number of nitrogens with zero attached hydrogens (tertiary/aromatic N) is 3. The molecule has 0 radical (unpaired) electrons. The summed E-state index contributed by atoms with van der Waals surface area (Å²) in [6, 6.07) is 7.88. The lowest BCUT2D eigenvalue weighted by Gasteiger charge is -1.87. The number of imidazole rings is 1. The van der Waals surface area contributed by atoms with E-state index in [1.54, 1.807) is 0 Å². The van der Waals surface area contributed by atoms with Gasteiger partial charge in [-0.2, -0.15) is 4.98 Å². The molecule has 1 aromatic carbocycles. The Labute approximate surface area is 108 Å². The van der Waals surface area contributed by atoms with E-state index in [2.05, 4.69) is 20.1 Å². The summed E-state index contributed by atoms with van der Waals surface area (Å²) in [6.45, 7) is 0. The standard InChI is InChI=1S/C12H11ClN4O/c13-6-5-12-16-11(17-18-12)7-10-14-8-3-1-2-4-9(8)15-10/h1-4H,5-7H2,(H,14,15). The normalized spacial score (nSPS) is 11.2. The number of rotatable bonds is 4. The van der Waals surface area contributed by atoms with E-state index in [9.17, 15) is 0 Å². The number of hydrogen-bond acceptors (Lipinski definition) is 4. The number of H-pyrrole nitrogens is 1. The molecule has 0 saturated heterocycles. The van der Waals surface area contributed by atoms with Gasteiger partial charge in [-0.25, -0.2) is 4.98 Å². The van der Waals surface area contributed by atoms with Crippen LogP contribution in [-0.4, -0.2) is 26.0 Å². The lowest BCUT2D eigenvalue weighted by atomic mass is 10.3. The maximum atomic E-state index is 5.61. The minimum atomic E-state index is 0.478. The van der Waals surface area contributed by atoms with Crippen molar-refractivity contribution in [2.75, 3.05) is 5.88 Å². The quantitative estimate of drug-likeness (QED) is 0.733. The fraction of sp³-hybridized carbons (Fsp3) is 0.250. The van der Waals surface area contributed by atoms with Gasteiger partial charge in [0.2, 0.25) is 5.89 Å². The van der Waals surface area contributed by atoms with Crippen LogP contribution in [0.15, 0.2) is 28.8 Å². The summed E-state index contributed by atoms with van der Waals surface area (Å²) in [5.74, 6) is 2.49. The van der Waals surface area contributed by atoms with E-state index in [1.807, 2.05) is 24.3 Å². The highest BCUT2D eigenvalue weighted by Crippen LogP contribution is 2.12. The lowest BCUT2D eigenvalue weighted by Crippen LogP contribution is -1.94. The Morgan fingerprint density at radius 1 is 1.22 bits per heavy atom. The first-order valence-corrected chi connectivity index (χ1v) is 6.19. The summed E-state index contributed by atoms with van der Waals surface area (Å²) < 4.78 is 5.06. The van der Waals surface area contributed by atoms with Gasteiger partial charge in [-0.3, -0.25) is 0 Å². The summed E-state index contributed by atoms with van der Waals surface area (Å²) in [7, 11) is 0. The van der Waals surface area contributed by atoms with Crippen LogP contribution in [0.2, 0.25) is 0 Å². The molecule has 0 atom stereocenters. The topological polar surface area (TPSA) is 67.6 Å². The van der Waals surface area contributed by atoms with E-state index in [0.717, 1.165) is 16.9 Å². The average Bonchev–Trinajstić information content (AvgIpc) is 2.96. The van der Waals surface area contributed by atoms with Crippen LogP contribution in [0.5, 0.6) is 0 Å². The monoisotopic (exact) mass is 262 g/mol. The van der Waals surface area contributed by atoms with Gasteiger partial charge in [-0.1, -0.05) is 17.3 Å². The SMILES string of the molecule is ClCCc1nc(Cc2nc3ccccc3[nH]2)no1. The Bertz CT molecular complexity index is 628. The molecule has 0 bridgehead atoms. The number of para-hydroxylation sites is 2. The van der Waals surface area contributed by atoms with Crippen molar-refractivity contribution in [3.05, 3.63) is 41.8 Å². The van der Waals surface area contributed by atoms with Gasteiger partial charge in [0.05, 0.1) is 17.5 Å². The zero-order valence-corrected chi connectivity index (χ0v) is 10.3. The molecule has 18 heavy (non-hydrogen) atoms. The molecule has 0 saturated carbocycles. The molecule has 0 fully saturated rings. The van der Waals surface area contributed by atoms with Crippen molar-refractivity contribution < 1.29 is 4.52 Å². The number of halogens is 1. The average molecular weight is 263 g/mol. The van der Waals surface area contributed by atoms with Crippen LogP contribution >= 0.6 is 11.6 Å². The molecule has 3 rings (SSSR count). The second-order valence-corrected chi connectivity index (χ2v) is 4.30. The van der Waals surface area contributed by atoms with Crippen molar-refractivity contribution in [1.29, 1.82) is 0 Å². The number of aryl methyl sites for hydroxylation is 1. The van der Waals surface area contributed by atoms with Crippen molar-refractivity contribution in [2.45, 2.75) is 12.8 Å². The number of aromatic nitrogens is 4. The Kier molecular flexibility index (Phi) is 2.98. The van der Waals surface area contributed by atoms with Crippen LogP contribution in [0.4, 0.5) is 0 Å². The third-order valence-electron chi connectivity index (χ3n) is 2.58. The van der Waals surface area contributed by atoms with Crippen molar-refractivity contribution in [3.63, 3.8) is 0 Å². The Morgan fingerprint density at radius 2 is 2.11 bits per heavy atom. The second kappa shape index (κ2) is 4.78. The van der Waals surface area contributed by atoms with E-state index in [1.165, 1.54) is 0 Å². The number of benzene rings is 1. The lowest BCUT2D eigenvalue weighted by molar-refractivity contribution is 0.377. The molecule has 0 aliphatic rings. The predicted molar refractivity (Wildman–Crippen MR) is 67.6 cm³/mol. The smallest absolute Gasteiger partial charge is 0.227 e. The molecular formula is C12H11ClN4O. The summed E-state index contributed by atoms with van der Waals surface area (Å²) in [6.07, 6.45) is 1.12. The third-order valence-corrected chi connectivity index (χ3v) is 2.77. The highest BCUT2D eigenvalue weighted by atomic mass is 35.5. The fourth-order valence-corrected chi connectivity index (χ4v) is 1.95. The molecule has 92 valence electrons. The number of hydrogen-bond donors (Lipinski definition) is 1. The van der Waals surface area contributed by atoms with Gasteiger partial charge in [0.1, 0.15) is 5.82 Å². The first-order valence-electron chi connectivity index (χ1n) is 5.66. The number of aromatic amines is 1. The molecule has 0 aliphatic carbocycles. The molecule has 2 aromatic heterocycles. The van der Waals surface area contributed by atoms with Crippen molar-refractivity contribution in [1.82, 2.24) is 20.1 Å². The minimum Gasteiger partial charge on any atom is -0.342 e. The van der Waals surface area contributed by atoms with Gasteiger partial charge in [0.25, 0.3) is 0 Å². The van der Waals surface area contributed by atoms with Gasteiger partial charge < -0.3 is 9.51 Å². The van der Waals surface area contributed by atoms with Crippen LogP contribution < -0.4 is 0 Å². The molecule has 6 heteroatoms. The van der Waals surface area contributed by atoms with Crippen LogP contribution in [0.25, 0.3) is 11.0 Å². The summed E-state index contributed by atoms with van der Waals surface area (Å²) in [4.78, 5) is 11.9. The molecule has 1 N–H and O–H groups in total. The van der Waals surface area contributed by atoms with Crippen LogP contribution in [0.1, 0.15) is 17.5 Å². The third kappa shape index (κ3) is 2.22. The Morgan fingerprint density at radius 3 is 2.94 bits per heavy atom. The van der Waals surface area contributed by atoms with Crippen molar-refractivity contribution in [3.8, 4) is 0 Å². The summed E-state index contributed by atoms with van der Waals surface area (Å²) in [5.41, 5.74) is 1.95. The van der Waals surface area contributed by atoms with Crippen LogP contribution in [0.3, 0.4) is 0 Å². The van der Waals surface area contributed by atoms with E-state index in [4.69, 9.17) is 16.1 Å². The second-order valence-electron chi connectivity index (χ2n) is 3.92. The molecule has 0 amide bonds. The van der Waals surface area contributed by atoms with Crippen LogP contribution in [0, 0.1) is 0 Å². The molecule has 3 aromatic rings. The predicted octanol–water partition coefficient (Wildman–Crippen LogP) is 2.32. The summed E-state index contributed by atoms with van der Waals surface area (Å²) in [5, 5.41) is 3.90. The number of fused-ring (bicyclic) bond motifs is 1. The van der Waals surface area contributed by atoms with E-state index < -0.39 is 0 Å². The zero-order valence-electron chi connectivity index (χ0n) is 9.56. The highest BCUT2D eigenvalue weighted by molar-refractivity contribution is 6.17. The van der Waals surface area contributed by atoms with Crippen molar-refractivity contribution in [2.24, 2.45) is 0 Å². The molecule has 2 heterocycles. The fourth-order valence-electron chi connectivity index (χ4n) is 1.78. The van der Waals surface area contributed by atoms with Crippen molar-refractivity contribution >= 4 is 22.6 Å². The van der Waals surface area contributed by atoms with Gasteiger partial charge in [-0.15, -0.1) is 11.6 Å². The van der Waals surface area contributed by atoms with Gasteiger partial charge in [-0.05, 0) is 12.1 Å². The zero-order chi connectivity index (χ0) is 12.4. The largest absolute Gasteiger partial charge is 0.342 e.